The summed E-state index contributed by atoms with van der Waals surface area (Å²) < 4.78 is 18.9. The quantitative estimate of drug-likeness (QED) is 0.804. The topological polar surface area (TPSA) is 48.8 Å². The van der Waals surface area contributed by atoms with Gasteiger partial charge in [0.05, 0.1) is 32.9 Å². The zero-order valence-electron chi connectivity index (χ0n) is 15.7. The molecule has 0 bridgehead atoms. The van der Waals surface area contributed by atoms with Crippen LogP contribution in [0.25, 0.3) is 11.4 Å². The van der Waals surface area contributed by atoms with E-state index in [2.05, 4.69) is 34.7 Å². The Bertz CT molecular complexity index is 727. The van der Waals surface area contributed by atoms with E-state index in [0.29, 0.717) is 29.3 Å². The van der Waals surface area contributed by atoms with E-state index in [1.807, 2.05) is 18.3 Å². The SMILES string of the molecule is COc1ccc(-c2nccn2[C@@H]2CCC[C@H]2N(C)C)c(OC)c1OC. The first-order chi connectivity index (χ1) is 12.1. The van der Waals surface area contributed by atoms with Gasteiger partial charge in [-0.15, -0.1) is 0 Å². The highest BCUT2D eigenvalue weighted by Crippen LogP contribution is 2.45. The molecule has 0 unspecified atom stereocenters. The van der Waals surface area contributed by atoms with Crippen molar-refractivity contribution in [2.24, 2.45) is 0 Å². The van der Waals surface area contributed by atoms with Crippen LogP contribution in [0.15, 0.2) is 24.5 Å². The number of hydrogen-bond donors (Lipinski definition) is 0. The predicted octanol–water partition coefficient (Wildman–Crippen LogP) is 3.23. The molecule has 6 heteroatoms. The Balaban J connectivity index is 2.09. The largest absolute Gasteiger partial charge is 0.493 e. The normalized spacial score (nSPS) is 20.1. The lowest BCUT2D eigenvalue weighted by Gasteiger charge is -2.28. The maximum absolute atomic E-state index is 5.66. The first-order valence-electron chi connectivity index (χ1n) is 8.61. The first kappa shape index (κ1) is 17.6. The van der Waals surface area contributed by atoms with Crippen molar-refractivity contribution in [3.05, 3.63) is 24.5 Å². The van der Waals surface area contributed by atoms with Crippen LogP contribution in [0.5, 0.6) is 17.2 Å². The Morgan fingerprint density at radius 1 is 1.04 bits per heavy atom. The van der Waals surface area contributed by atoms with Crippen molar-refractivity contribution in [1.29, 1.82) is 0 Å². The van der Waals surface area contributed by atoms with Gasteiger partial charge in [0, 0.05) is 18.4 Å². The van der Waals surface area contributed by atoms with Crippen molar-refractivity contribution in [3.63, 3.8) is 0 Å². The molecule has 1 aliphatic rings. The molecule has 1 heterocycles. The van der Waals surface area contributed by atoms with E-state index in [0.717, 1.165) is 17.8 Å². The number of ether oxygens (including phenoxy) is 3. The maximum Gasteiger partial charge on any atom is 0.204 e. The highest BCUT2D eigenvalue weighted by atomic mass is 16.5. The summed E-state index contributed by atoms with van der Waals surface area (Å²) in [6, 6.07) is 4.80. The van der Waals surface area contributed by atoms with E-state index >= 15 is 0 Å². The molecule has 6 nitrogen and oxygen atoms in total. The maximum atomic E-state index is 5.66. The van der Waals surface area contributed by atoms with Crippen LogP contribution in [0, 0.1) is 0 Å². The van der Waals surface area contributed by atoms with Gasteiger partial charge in [-0.3, -0.25) is 0 Å². The Morgan fingerprint density at radius 3 is 2.44 bits per heavy atom. The second-order valence-corrected chi connectivity index (χ2v) is 6.57. The minimum Gasteiger partial charge on any atom is -0.493 e. The number of aromatic nitrogens is 2. The van der Waals surface area contributed by atoms with Gasteiger partial charge in [0.15, 0.2) is 11.5 Å². The Kier molecular flexibility index (Phi) is 5.18. The van der Waals surface area contributed by atoms with E-state index in [-0.39, 0.29) is 0 Å². The fraction of sp³-hybridized carbons (Fsp3) is 0.526. The van der Waals surface area contributed by atoms with Crippen molar-refractivity contribution < 1.29 is 14.2 Å². The molecule has 0 saturated heterocycles. The molecule has 0 N–H and O–H groups in total. The number of methoxy groups -OCH3 is 3. The molecule has 2 atom stereocenters. The molecule has 1 saturated carbocycles. The van der Waals surface area contributed by atoms with Crippen LogP contribution in [0.1, 0.15) is 25.3 Å². The molecule has 136 valence electrons. The summed E-state index contributed by atoms with van der Waals surface area (Å²) >= 11 is 0. The summed E-state index contributed by atoms with van der Waals surface area (Å²) in [6.07, 6.45) is 7.52. The Labute approximate surface area is 149 Å². The lowest BCUT2D eigenvalue weighted by Crippen LogP contribution is -2.32. The van der Waals surface area contributed by atoms with Crippen LogP contribution in [0.2, 0.25) is 0 Å². The van der Waals surface area contributed by atoms with E-state index < -0.39 is 0 Å². The lowest BCUT2D eigenvalue weighted by molar-refractivity contribution is 0.239. The number of rotatable bonds is 6. The molecule has 1 aromatic heterocycles. The van der Waals surface area contributed by atoms with Crippen LogP contribution in [0.3, 0.4) is 0 Å². The standard InChI is InChI=1S/C19H27N3O3/c1-21(2)14-7-6-8-15(14)22-12-11-20-19(22)13-9-10-16(23-3)18(25-5)17(13)24-4/h9-12,14-15H,6-8H2,1-5H3/t14-,15-/m1/s1. The summed E-state index contributed by atoms with van der Waals surface area (Å²) in [5, 5.41) is 0. The molecule has 3 rings (SSSR count). The third kappa shape index (κ3) is 3.06. The van der Waals surface area contributed by atoms with E-state index in [9.17, 15) is 0 Å². The summed E-state index contributed by atoms with van der Waals surface area (Å²) in [4.78, 5) is 6.95. The minimum atomic E-state index is 0.408. The Hall–Kier alpha value is -2.21. The van der Waals surface area contributed by atoms with Gasteiger partial charge in [0.1, 0.15) is 5.82 Å². The van der Waals surface area contributed by atoms with Gasteiger partial charge in [-0.1, -0.05) is 0 Å². The van der Waals surface area contributed by atoms with Crippen LogP contribution >= 0.6 is 0 Å². The molecule has 1 aromatic carbocycles. The second-order valence-electron chi connectivity index (χ2n) is 6.57. The van der Waals surface area contributed by atoms with Crippen molar-refractivity contribution in [2.75, 3.05) is 35.4 Å². The zero-order chi connectivity index (χ0) is 18.0. The summed E-state index contributed by atoms with van der Waals surface area (Å²) in [7, 11) is 9.19. The van der Waals surface area contributed by atoms with Gasteiger partial charge in [-0.25, -0.2) is 4.98 Å². The average Bonchev–Trinajstić information content (AvgIpc) is 3.28. The van der Waals surface area contributed by atoms with Gasteiger partial charge in [-0.2, -0.15) is 0 Å². The third-order valence-electron chi connectivity index (χ3n) is 5.08. The number of benzene rings is 1. The minimum absolute atomic E-state index is 0.408. The Morgan fingerprint density at radius 2 is 1.80 bits per heavy atom. The fourth-order valence-corrected chi connectivity index (χ4v) is 3.91. The monoisotopic (exact) mass is 345 g/mol. The van der Waals surface area contributed by atoms with Crippen LogP contribution in [0.4, 0.5) is 0 Å². The van der Waals surface area contributed by atoms with Crippen molar-refractivity contribution >= 4 is 0 Å². The summed E-state index contributed by atoms with van der Waals surface area (Å²) in [6.45, 7) is 0. The third-order valence-corrected chi connectivity index (χ3v) is 5.08. The van der Waals surface area contributed by atoms with Gasteiger partial charge in [0.25, 0.3) is 0 Å². The molecule has 1 aliphatic carbocycles. The molecule has 0 amide bonds. The molecule has 0 radical (unpaired) electrons. The number of likely N-dealkylation sites (N-methyl/N-ethyl adjacent to an activating group) is 1. The van der Waals surface area contributed by atoms with Gasteiger partial charge >= 0.3 is 0 Å². The highest BCUT2D eigenvalue weighted by molar-refractivity contribution is 5.72. The number of imidazole rings is 1. The molecule has 0 aliphatic heterocycles. The average molecular weight is 345 g/mol. The summed E-state index contributed by atoms with van der Waals surface area (Å²) in [5.74, 6) is 2.78. The van der Waals surface area contributed by atoms with Gasteiger partial charge in [-0.05, 0) is 45.5 Å². The van der Waals surface area contributed by atoms with Crippen LogP contribution < -0.4 is 14.2 Å². The van der Waals surface area contributed by atoms with Crippen molar-refractivity contribution in [1.82, 2.24) is 14.5 Å². The highest BCUT2D eigenvalue weighted by Gasteiger charge is 2.32. The smallest absolute Gasteiger partial charge is 0.204 e. The molecule has 0 spiro atoms. The van der Waals surface area contributed by atoms with Crippen molar-refractivity contribution in [2.45, 2.75) is 31.3 Å². The zero-order valence-corrected chi connectivity index (χ0v) is 15.7. The van der Waals surface area contributed by atoms with Gasteiger partial charge < -0.3 is 23.7 Å². The molecule has 1 fully saturated rings. The van der Waals surface area contributed by atoms with Crippen LogP contribution in [-0.2, 0) is 0 Å². The number of hydrogen-bond acceptors (Lipinski definition) is 5. The lowest BCUT2D eigenvalue weighted by atomic mass is 10.1. The van der Waals surface area contributed by atoms with E-state index in [1.54, 1.807) is 21.3 Å². The molecule has 2 aromatic rings. The predicted molar refractivity (Wildman–Crippen MR) is 97.7 cm³/mol. The summed E-state index contributed by atoms with van der Waals surface area (Å²) in [5.41, 5.74) is 0.912. The molecular formula is C19H27N3O3. The van der Waals surface area contributed by atoms with E-state index in [4.69, 9.17) is 14.2 Å². The molecule has 25 heavy (non-hydrogen) atoms. The first-order valence-corrected chi connectivity index (χ1v) is 8.61. The van der Waals surface area contributed by atoms with Crippen LogP contribution in [-0.4, -0.2) is 55.9 Å². The van der Waals surface area contributed by atoms with Crippen molar-refractivity contribution in [3.8, 4) is 28.6 Å². The van der Waals surface area contributed by atoms with Gasteiger partial charge in [0.2, 0.25) is 5.75 Å². The van der Waals surface area contributed by atoms with E-state index in [1.165, 1.54) is 12.8 Å². The molecular weight excluding hydrogens is 318 g/mol. The second kappa shape index (κ2) is 7.35. The number of nitrogens with zero attached hydrogens (tertiary/aromatic N) is 3. The fourth-order valence-electron chi connectivity index (χ4n) is 3.91.